The zero-order chi connectivity index (χ0) is 10.8. The van der Waals surface area contributed by atoms with Gasteiger partial charge in [-0.2, -0.15) is 0 Å². The lowest BCUT2D eigenvalue weighted by Crippen LogP contribution is -2.38. The Morgan fingerprint density at radius 1 is 1.53 bits per heavy atom. The Hall–Kier alpha value is -0.380. The maximum absolute atomic E-state index is 5.82. The van der Waals surface area contributed by atoms with Crippen molar-refractivity contribution in [3.63, 3.8) is 0 Å². The van der Waals surface area contributed by atoms with Gasteiger partial charge in [0.05, 0.1) is 0 Å². The second kappa shape index (κ2) is 4.64. The van der Waals surface area contributed by atoms with Crippen molar-refractivity contribution in [3.05, 3.63) is 33.8 Å². The van der Waals surface area contributed by atoms with Gasteiger partial charge in [0.25, 0.3) is 0 Å². The highest BCUT2D eigenvalue weighted by Gasteiger charge is 2.18. The van der Waals surface area contributed by atoms with Gasteiger partial charge in [-0.05, 0) is 30.5 Å². The summed E-state index contributed by atoms with van der Waals surface area (Å²) in [6.45, 7) is 5.22. The van der Waals surface area contributed by atoms with E-state index in [1.807, 2.05) is 0 Å². The van der Waals surface area contributed by atoms with E-state index in [0.717, 1.165) is 26.1 Å². The number of hydrogen-bond acceptors (Lipinski definition) is 2. The Bertz CT molecular complexity index is 349. The fourth-order valence-electron chi connectivity index (χ4n) is 2.18. The number of hydrogen-bond donors (Lipinski definition) is 1. The van der Waals surface area contributed by atoms with Crippen molar-refractivity contribution in [2.75, 3.05) is 13.1 Å². The number of fused-ring (bicyclic) bond motifs is 1. The van der Waals surface area contributed by atoms with Crippen molar-refractivity contribution in [3.8, 4) is 0 Å². The smallest absolute Gasteiger partial charge is 0.0237 e. The fourth-order valence-corrected chi connectivity index (χ4v) is 2.79. The molecule has 82 valence electrons. The largest absolute Gasteiger partial charge is 0.327 e. The zero-order valence-electron chi connectivity index (χ0n) is 9.04. The van der Waals surface area contributed by atoms with Gasteiger partial charge in [-0.25, -0.2) is 0 Å². The third-order valence-corrected chi connectivity index (χ3v) is 3.58. The Labute approximate surface area is 99.6 Å². The molecule has 2 nitrogen and oxygen atoms in total. The van der Waals surface area contributed by atoms with Gasteiger partial charge in [-0.1, -0.05) is 28.1 Å². The molecule has 2 N–H and O–H groups in total. The molecule has 1 unspecified atom stereocenters. The van der Waals surface area contributed by atoms with Gasteiger partial charge in [0.1, 0.15) is 0 Å². The van der Waals surface area contributed by atoms with E-state index >= 15 is 0 Å². The second-order valence-electron chi connectivity index (χ2n) is 4.34. The van der Waals surface area contributed by atoms with Gasteiger partial charge in [0.2, 0.25) is 0 Å². The monoisotopic (exact) mass is 268 g/mol. The molecule has 0 radical (unpaired) electrons. The lowest BCUT2D eigenvalue weighted by atomic mass is 10.00. The van der Waals surface area contributed by atoms with Crippen LogP contribution in [0.25, 0.3) is 0 Å². The van der Waals surface area contributed by atoms with Crippen LogP contribution in [-0.4, -0.2) is 24.0 Å². The van der Waals surface area contributed by atoms with E-state index in [2.05, 4.69) is 46.0 Å². The summed E-state index contributed by atoms with van der Waals surface area (Å²) < 4.78 is 1.25. The molecule has 1 atom stereocenters. The van der Waals surface area contributed by atoms with Crippen LogP contribution in [-0.2, 0) is 13.0 Å². The van der Waals surface area contributed by atoms with Crippen LogP contribution in [0, 0.1) is 0 Å². The lowest BCUT2D eigenvalue weighted by Gasteiger charge is -2.30. The Kier molecular flexibility index (Phi) is 3.44. The first-order chi connectivity index (χ1) is 7.16. The average molecular weight is 269 g/mol. The molecule has 1 aliphatic heterocycles. The molecule has 0 saturated carbocycles. The average Bonchev–Trinajstić information content (AvgIpc) is 2.17. The predicted molar refractivity (Wildman–Crippen MR) is 66.8 cm³/mol. The van der Waals surface area contributed by atoms with Crippen molar-refractivity contribution < 1.29 is 0 Å². The van der Waals surface area contributed by atoms with Gasteiger partial charge >= 0.3 is 0 Å². The van der Waals surface area contributed by atoms with Gasteiger partial charge in [-0.15, -0.1) is 0 Å². The van der Waals surface area contributed by atoms with Crippen LogP contribution in [0.4, 0.5) is 0 Å². The summed E-state index contributed by atoms with van der Waals surface area (Å²) in [7, 11) is 0. The van der Waals surface area contributed by atoms with Crippen molar-refractivity contribution in [1.29, 1.82) is 0 Å². The number of nitrogens with zero attached hydrogens (tertiary/aromatic N) is 1. The first kappa shape index (κ1) is 11.1. The molecule has 0 aliphatic carbocycles. The molecule has 0 saturated heterocycles. The summed E-state index contributed by atoms with van der Waals surface area (Å²) in [6, 6.07) is 6.71. The van der Waals surface area contributed by atoms with Crippen molar-refractivity contribution in [2.45, 2.75) is 25.9 Å². The molecule has 1 aromatic carbocycles. The highest BCUT2D eigenvalue weighted by Crippen LogP contribution is 2.26. The minimum atomic E-state index is 0.263. The molecule has 0 aromatic heterocycles. The first-order valence-corrected chi connectivity index (χ1v) is 6.20. The summed E-state index contributed by atoms with van der Waals surface area (Å²) in [5, 5.41) is 0. The SMILES string of the molecule is CC(N)CN1CCc2c(Br)cccc2C1. The maximum Gasteiger partial charge on any atom is 0.0237 e. The number of nitrogens with two attached hydrogens (primary N) is 1. The predicted octanol–water partition coefficient (Wildman–Crippen LogP) is 2.15. The molecule has 0 bridgehead atoms. The van der Waals surface area contributed by atoms with E-state index in [-0.39, 0.29) is 6.04 Å². The van der Waals surface area contributed by atoms with Gasteiger partial charge in [0, 0.05) is 30.1 Å². The van der Waals surface area contributed by atoms with E-state index in [1.165, 1.54) is 15.6 Å². The van der Waals surface area contributed by atoms with Crippen LogP contribution < -0.4 is 5.73 Å². The van der Waals surface area contributed by atoms with E-state index in [1.54, 1.807) is 0 Å². The van der Waals surface area contributed by atoms with Crippen LogP contribution in [0.5, 0.6) is 0 Å². The zero-order valence-corrected chi connectivity index (χ0v) is 10.6. The number of benzene rings is 1. The minimum Gasteiger partial charge on any atom is -0.327 e. The first-order valence-electron chi connectivity index (χ1n) is 5.41. The van der Waals surface area contributed by atoms with E-state index in [9.17, 15) is 0 Å². The fraction of sp³-hybridized carbons (Fsp3) is 0.500. The Morgan fingerprint density at radius 3 is 3.07 bits per heavy atom. The maximum atomic E-state index is 5.82. The lowest BCUT2D eigenvalue weighted by molar-refractivity contribution is 0.242. The standard InChI is InChI=1S/C12H17BrN2/c1-9(14)7-15-6-5-11-10(8-15)3-2-4-12(11)13/h2-4,9H,5-8,14H2,1H3. The Balaban J connectivity index is 2.13. The normalized spacial score (nSPS) is 18.6. The third-order valence-electron chi connectivity index (χ3n) is 2.83. The van der Waals surface area contributed by atoms with Crippen LogP contribution in [0.15, 0.2) is 22.7 Å². The topological polar surface area (TPSA) is 29.3 Å². The van der Waals surface area contributed by atoms with Crippen LogP contribution in [0.1, 0.15) is 18.1 Å². The molecule has 0 fully saturated rings. The van der Waals surface area contributed by atoms with E-state index < -0.39 is 0 Å². The van der Waals surface area contributed by atoms with Crippen molar-refractivity contribution in [1.82, 2.24) is 4.90 Å². The molecule has 1 aromatic rings. The Morgan fingerprint density at radius 2 is 2.33 bits per heavy atom. The summed E-state index contributed by atoms with van der Waals surface area (Å²) in [6.07, 6.45) is 1.13. The summed E-state index contributed by atoms with van der Waals surface area (Å²) in [5.41, 5.74) is 8.73. The van der Waals surface area contributed by atoms with Crippen molar-refractivity contribution >= 4 is 15.9 Å². The minimum absolute atomic E-state index is 0.263. The molecule has 0 amide bonds. The molecule has 3 heteroatoms. The number of rotatable bonds is 2. The quantitative estimate of drug-likeness (QED) is 0.891. The van der Waals surface area contributed by atoms with Crippen LogP contribution in [0.3, 0.4) is 0 Å². The molecular formula is C12H17BrN2. The van der Waals surface area contributed by atoms with Crippen LogP contribution >= 0.6 is 15.9 Å². The summed E-state index contributed by atoms with van der Waals surface area (Å²) in [4.78, 5) is 2.43. The molecule has 1 aliphatic rings. The molecule has 2 rings (SSSR count). The highest BCUT2D eigenvalue weighted by atomic mass is 79.9. The third kappa shape index (κ3) is 2.60. The second-order valence-corrected chi connectivity index (χ2v) is 5.19. The highest BCUT2D eigenvalue weighted by molar-refractivity contribution is 9.10. The molecule has 15 heavy (non-hydrogen) atoms. The molecular weight excluding hydrogens is 252 g/mol. The van der Waals surface area contributed by atoms with E-state index in [4.69, 9.17) is 5.73 Å². The van der Waals surface area contributed by atoms with Crippen molar-refractivity contribution in [2.24, 2.45) is 5.73 Å². The van der Waals surface area contributed by atoms with Gasteiger partial charge < -0.3 is 5.73 Å². The molecule has 0 spiro atoms. The number of halogens is 1. The van der Waals surface area contributed by atoms with Gasteiger partial charge in [-0.3, -0.25) is 4.90 Å². The van der Waals surface area contributed by atoms with Gasteiger partial charge in [0.15, 0.2) is 0 Å². The summed E-state index contributed by atoms with van der Waals surface area (Å²) >= 11 is 3.61. The molecule has 1 heterocycles. The summed E-state index contributed by atoms with van der Waals surface area (Å²) in [5.74, 6) is 0. The van der Waals surface area contributed by atoms with Crippen LogP contribution in [0.2, 0.25) is 0 Å². The van der Waals surface area contributed by atoms with E-state index in [0.29, 0.717) is 0 Å².